The van der Waals surface area contributed by atoms with E-state index in [1.807, 2.05) is 13.0 Å². The second-order valence-corrected chi connectivity index (χ2v) is 7.40. The Morgan fingerprint density at radius 2 is 2.17 bits per heavy atom. The zero-order valence-corrected chi connectivity index (χ0v) is 16.5. The van der Waals surface area contributed by atoms with Crippen molar-refractivity contribution in [2.75, 3.05) is 6.54 Å². The van der Waals surface area contributed by atoms with Gasteiger partial charge in [-0.05, 0) is 41.9 Å². The van der Waals surface area contributed by atoms with Crippen LogP contribution in [0.4, 0.5) is 4.39 Å². The van der Waals surface area contributed by atoms with Crippen LogP contribution in [0.1, 0.15) is 44.2 Å². The number of rotatable bonds is 5. The molecule has 1 aliphatic heterocycles. The number of carbonyl (C=O) groups is 1. The molecule has 0 aromatic carbocycles. The highest BCUT2D eigenvalue weighted by atomic mass is 19.1. The lowest BCUT2D eigenvalue weighted by Crippen LogP contribution is -2.34. The van der Waals surface area contributed by atoms with Crippen molar-refractivity contribution in [2.45, 2.75) is 39.5 Å². The van der Waals surface area contributed by atoms with Gasteiger partial charge in [0.15, 0.2) is 5.82 Å². The van der Waals surface area contributed by atoms with Crippen molar-refractivity contribution in [2.24, 2.45) is 5.92 Å². The molecule has 1 amide bonds. The molecular formula is C22H23FN4O2. The molecule has 0 saturated heterocycles. The molecule has 7 heteroatoms. The van der Waals surface area contributed by atoms with E-state index < -0.39 is 5.82 Å². The van der Waals surface area contributed by atoms with Gasteiger partial charge in [0.05, 0.1) is 0 Å². The molecule has 3 heterocycles. The summed E-state index contributed by atoms with van der Waals surface area (Å²) in [6.45, 7) is 4.74. The summed E-state index contributed by atoms with van der Waals surface area (Å²) >= 11 is 0. The molecule has 0 saturated carbocycles. The van der Waals surface area contributed by atoms with Crippen LogP contribution in [-0.2, 0) is 11.2 Å². The number of halogens is 1. The number of aryl methyl sites for hydroxylation is 1. The fourth-order valence-corrected chi connectivity index (χ4v) is 3.92. The van der Waals surface area contributed by atoms with E-state index in [9.17, 15) is 4.79 Å². The molecule has 0 bridgehead atoms. The standard InChI is InChI=1S/C22H23FN4O2/c1-3-4-16-15(17-9-13(2)10-25-21(17)28)6-5-14-11-26-22(20(23)19(14)16)29-18-7-8-24-12-27-18/h7-9,11-13H,3-6,10H2,1-2H3,(H,25,28). The van der Waals surface area contributed by atoms with Crippen LogP contribution in [0.3, 0.4) is 0 Å². The quantitative estimate of drug-likeness (QED) is 0.830. The van der Waals surface area contributed by atoms with Crippen molar-refractivity contribution in [1.29, 1.82) is 0 Å². The number of ether oxygens (including phenoxy) is 1. The van der Waals surface area contributed by atoms with Gasteiger partial charge < -0.3 is 10.1 Å². The smallest absolute Gasteiger partial charge is 0.258 e. The van der Waals surface area contributed by atoms with Gasteiger partial charge in [0.25, 0.3) is 11.8 Å². The zero-order chi connectivity index (χ0) is 20.4. The van der Waals surface area contributed by atoms with Crippen LogP contribution in [0.2, 0.25) is 0 Å². The van der Waals surface area contributed by atoms with Crippen LogP contribution in [0.15, 0.2) is 42.0 Å². The molecule has 1 atom stereocenters. The number of nitrogens with zero attached hydrogens (tertiary/aromatic N) is 3. The summed E-state index contributed by atoms with van der Waals surface area (Å²) in [4.78, 5) is 24.5. The van der Waals surface area contributed by atoms with Crippen molar-refractivity contribution in [1.82, 2.24) is 20.3 Å². The van der Waals surface area contributed by atoms with Crippen molar-refractivity contribution in [3.63, 3.8) is 0 Å². The molecule has 0 radical (unpaired) electrons. The molecule has 1 unspecified atom stereocenters. The number of allylic oxidation sites excluding steroid dienone is 1. The molecular weight excluding hydrogens is 371 g/mol. The van der Waals surface area contributed by atoms with E-state index in [0.717, 1.165) is 23.1 Å². The summed E-state index contributed by atoms with van der Waals surface area (Å²) in [5.74, 6) is -0.230. The van der Waals surface area contributed by atoms with Crippen LogP contribution < -0.4 is 10.1 Å². The molecule has 150 valence electrons. The third-order valence-corrected chi connectivity index (χ3v) is 5.24. The Morgan fingerprint density at radius 1 is 1.31 bits per heavy atom. The van der Waals surface area contributed by atoms with E-state index in [1.54, 1.807) is 12.3 Å². The maximum absolute atomic E-state index is 15.5. The highest BCUT2D eigenvalue weighted by molar-refractivity contribution is 6.01. The molecule has 1 aliphatic carbocycles. The molecule has 6 nitrogen and oxygen atoms in total. The SMILES string of the molecule is CCCC1=C(C2=CC(C)CNC2=O)CCc2cnc(Oc3ccncn3)c(F)c21. The summed E-state index contributed by atoms with van der Waals surface area (Å²) < 4.78 is 21.1. The van der Waals surface area contributed by atoms with Crippen molar-refractivity contribution in [3.8, 4) is 11.8 Å². The number of amides is 1. The lowest BCUT2D eigenvalue weighted by atomic mass is 9.79. The fourth-order valence-electron chi connectivity index (χ4n) is 3.92. The second-order valence-electron chi connectivity index (χ2n) is 7.40. The highest BCUT2D eigenvalue weighted by Gasteiger charge is 2.30. The Labute approximate surface area is 168 Å². The summed E-state index contributed by atoms with van der Waals surface area (Å²) in [5, 5.41) is 2.94. The molecule has 29 heavy (non-hydrogen) atoms. The number of hydrogen-bond donors (Lipinski definition) is 1. The maximum Gasteiger partial charge on any atom is 0.258 e. The van der Waals surface area contributed by atoms with Crippen LogP contribution in [-0.4, -0.2) is 27.4 Å². The number of pyridine rings is 1. The molecule has 0 fully saturated rings. The molecule has 1 N–H and O–H groups in total. The number of fused-ring (bicyclic) bond motifs is 1. The van der Waals surface area contributed by atoms with E-state index in [1.165, 1.54) is 12.5 Å². The lowest BCUT2D eigenvalue weighted by Gasteiger charge is -2.28. The Bertz CT molecular complexity index is 1000. The molecule has 0 spiro atoms. The van der Waals surface area contributed by atoms with Crippen LogP contribution in [0, 0.1) is 11.7 Å². The Kier molecular flexibility index (Phi) is 5.38. The van der Waals surface area contributed by atoms with Gasteiger partial charge in [-0.25, -0.2) is 19.3 Å². The van der Waals surface area contributed by atoms with Crippen LogP contribution in [0.25, 0.3) is 5.57 Å². The van der Waals surface area contributed by atoms with Crippen molar-refractivity contribution in [3.05, 3.63) is 59.0 Å². The third kappa shape index (κ3) is 3.77. The second kappa shape index (κ2) is 8.11. The predicted molar refractivity (Wildman–Crippen MR) is 107 cm³/mol. The van der Waals surface area contributed by atoms with Gasteiger partial charge in [0.2, 0.25) is 5.88 Å². The Morgan fingerprint density at radius 3 is 2.93 bits per heavy atom. The minimum atomic E-state index is -0.508. The first-order chi connectivity index (χ1) is 14.1. The number of aromatic nitrogens is 3. The van der Waals surface area contributed by atoms with Crippen molar-refractivity contribution < 1.29 is 13.9 Å². The Balaban J connectivity index is 1.82. The summed E-state index contributed by atoms with van der Waals surface area (Å²) in [6.07, 6.45) is 9.37. The molecule has 2 aromatic heterocycles. The van der Waals surface area contributed by atoms with Gasteiger partial charge >= 0.3 is 0 Å². The van der Waals surface area contributed by atoms with E-state index in [4.69, 9.17) is 4.74 Å². The number of nitrogens with one attached hydrogen (secondary N) is 1. The van der Waals surface area contributed by atoms with E-state index >= 15 is 4.39 Å². The van der Waals surface area contributed by atoms with Crippen LogP contribution >= 0.6 is 0 Å². The normalized spacial score (nSPS) is 18.8. The van der Waals surface area contributed by atoms with Gasteiger partial charge in [-0.1, -0.05) is 26.3 Å². The van der Waals surface area contributed by atoms with Gasteiger partial charge in [-0.2, -0.15) is 0 Å². The highest BCUT2D eigenvalue weighted by Crippen LogP contribution is 2.41. The zero-order valence-electron chi connectivity index (χ0n) is 16.5. The van der Waals surface area contributed by atoms with E-state index in [-0.39, 0.29) is 23.6 Å². The number of carbonyl (C=O) groups excluding carboxylic acids is 1. The Hall–Kier alpha value is -3.09. The lowest BCUT2D eigenvalue weighted by molar-refractivity contribution is -0.117. The predicted octanol–water partition coefficient (Wildman–Crippen LogP) is 4.00. The largest absolute Gasteiger partial charge is 0.417 e. The minimum Gasteiger partial charge on any atom is -0.417 e. The molecule has 2 aliphatic rings. The third-order valence-electron chi connectivity index (χ3n) is 5.24. The van der Waals surface area contributed by atoms with Gasteiger partial charge in [0, 0.05) is 36.1 Å². The van der Waals surface area contributed by atoms with Gasteiger partial charge in [-0.3, -0.25) is 4.79 Å². The monoisotopic (exact) mass is 394 g/mol. The molecule has 2 aromatic rings. The van der Waals surface area contributed by atoms with Gasteiger partial charge in [-0.15, -0.1) is 0 Å². The number of hydrogen-bond acceptors (Lipinski definition) is 5. The first-order valence-electron chi connectivity index (χ1n) is 9.92. The summed E-state index contributed by atoms with van der Waals surface area (Å²) in [5.41, 5.74) is 3.83. The minimum absolute atomic E-state index is 0.0814. The topological polar surface area (TPSA) is 77.0 Å². The summed E-state index contributed by atoms with van der Waals surface area (Å²) in [6, 6.07) is 1.55. The van der Waals surface area contributed by atoms with Crippen LogP contribution in [0.5, 0.6) is 11.8 Å². The first-order valence-corrected chi connectivity index (χ1v) is 9.92. The maximum atomic E-state index is 15.5. The fraction of sp³-hybridized carbons (Fsp3) is 0.364. The average Bonchev–Trinajstić information content (AvgIpc) is 2.73. The van der Waals surface area contributed by atoms with E-state index in [0.29, 0.717) is 36.9 Å². The summed E-state index contributed by atoms with van der Waals surface area (Å²) in [7, 11) is 0. The van der Waals surface area contributed by atoms with Crippen molar-refractivity contribution >= 4 is 11.5 Å². The van der Waals surface area contributed by atoms with E-state index in [2.05, 4.69) is 27.2 Å². The van der Waals surface area contributed by atoms with Gasteiger partial charge in [0.1, 0.15) is 6.33 Å². The average molecular weight is 394 g/mol. The first kappa shape index (κ1) is 19.2. The molecule has 4 rings (SSSR count).